The molecule has 0 spiro atoms. The third-order valence-electron chi connectivity index (χ3n) is 0.762. The quantitative estimate of drug-likeness (QED) is 0.386. The molecule has 0 unspecified atom stereocenters. The summed E-state index contributed by atoms with van der Waals surface area (Å²) < 4.78 is 1.05. The van der Waals surface area contributed by atoms with Crippen LogP contribution >= 0.6 is 22.6 Å². The summed E-state index contributed by atoms with van der Waals surface area (Å²) in [6, 6.07) is 0. The number of rotatable bonds is 2. The molecule has 1 nitrogen and oxygen atoms in total. The van der Waals surface area contributed by atoms with Crippen molar-refractivity contribution in [3.8, 4) is 0 Å². The molecule has 0 heterocycles. The van der Waals surface area contributed by atoms with Crippen molar-refractivity contribution >= 4 is 29.3 Å². The Labute approximate surface area is 63.3 Å². The molecule has 0 bridgehead atoms. The monoisotopic (exact) mass is 221 g/mol. The lowest BCUT2D eigenvalue weighted by molar-refractivity contribution is 1.32. The molecule has 0 aliphatic carbocycles. The van der Waals surface area contributed by atoms with Gasteiger partial charge >= 0.3 is 0 Å². The number of allylic oxidation sites excluding steroid dienone is 3. The van der Waals surface area contributed by atoms with E-state index in [0.29, 0.717) is 0 Å². The highest BCUT2D eigenvalue weighted by atomic mass is 127. The van der Waals surface area contributed by atoms with Crippen molar-refractivity contribution in [3.63, 3.8) is 0 Å². The number of halogens is 1. The molecule has 0 aromatic rings. The van der Waals surface area contributed by atoms with Crippen molar-refractivity contribution in [1.29, 1.82) is 0 Å². The topological polar surface area (TPSA) is 12.4 Å². The second-order valence-electron chi connectivity index (χ2n) is 1.30. The summed E-state index contributed by atoms with van der Waals surface area (Å²) in [4.78, 5) is 3.71. The van der Waals surface area contributed by atoms with Gasteiger partial charge in [0.1, 0.15) is 0 Å². The van der Waals surface area contributed by atoms with Gasteiger partial charge in [-0.3, -0.25) is 4.99 Å². The summed E-state index contributed by atoms with van der Waals surface area (Å²) in [5, 5.41) is 0. The molecule has 0 aliphatic rings. The first-order valence-electron chi connectivity index (χ1n) is 2.18. The lowest BCUT2D eigenvalue weighted by Crippen LogP contribution is -1.68. The van der Waals surface area contributed by atoms with Gasteiger partial charge in [0.2, 0.25) is 0 Å². The average Bonchev–Trinajstić information content (AvgIpc) is 1.84. The Morgan fingerprint density at radius 3 is 2.38 bits per heavy atom. The second-order valence-corrected chi connectivity index (χ2v) is 2.46. The van der Waals surface area contributed by atoms with Gasteiger partial charge in [-0.25, -0.2) is 0 Å². The van der Waals surface area contributed by atoms with Crippen LogP contribution in [0.3, 0.4) is 0 Å². The molecule has 0 rings (SSSR count). The minimum Gasteiger partial charge on any atom is -0.268 e. The lowest BCUT2D eigenvalue weighted by Gasteiger charge is -1.89. The minimum atomic E-state index is 0.931. The molecule has 0 aliphatic heterocycles. The zero-order valence-electron chi connectivity index (χ0n) is 4.82. The fraction of sp³-hybridized carbons (Fsp3) is 0.167. The van der Waals surface area contributed by atoms with Crippen LogP contribution in [-0.4, -0.2) is 6.72 Å². The third kappa shape index (κ3) is 2.26. The number of aliphatic imine (C=N–C) groups is 1. The highest BCUT2D eigenvalue weighted by Crippen LogP contribution is 2.12. The number of hydrogen-bond donors (Lipinski definition) is 0. The normalized spacial score (nSPS) is 12.2. The minimum absolute atomic E-state index is 0.931. The molecule has 0 radical (unpaired) electrons. The summed E-state index contributed by atoms with van der Waals surface area (Å²) in [7, 11) is 0. The smallest absolute Gasteiger partial charge is 0.0498 e. The van der Waals surface area contributed by atoms with E-state index in [1.54, 1.807) is 6.08 Å². The Balaban J connectivity index is 4.25. The predicted molar refractivity (Wildman–Crippen MR) is 46.5 cm³/mol. The van der Waals surface area contributed by atoms with E-state index in [-0.39, 0.29) is 0 Å². The predicted octanol–water partition coefficient (Wildman–Crippen LogP) is 2.54. The van der Waals surface area contributed by atoms with E-state index in [1.165, 1.54) is 0 Å². The molecule has 0 N–H and O–H groups in total. The van der Waals surface area contributed by atoms with Crippen LogP contribution in [0, 0.1) is 0 Å². The molecule has 0 atom stereocenters. The maximum absolute atomic E-state index is 3.71. The number of hydrogen-bond acceptors (Lipinski definition) is 1. The Hall–Kier alpha value is -0.120. The molecule has 0 saturated heterocycles. The molecule has 0 amide bonds. The average molecular weight is 221 g/mol. The van der Waals surface area contributed by atoms with Crippen LogP contribution in [-0.2, 0) is 0 Å². The Kier molecular flexibility index (Phi) is 3.77. The van der Waals surface area contributed by atoms with E-state index in [2.05, 4.69) is 40.9 Å². The van der Waals surface area contributed by atoms with Crippen LogP contribution in [0.2, 0.25) is 0 Å². The summed E-state index contributed by atoms with van der Waals surface area (Å²) >= 11 is 2.16. The van der Waals surface area contributed by atoms with Crippen LogP contribution in [0.25, 0.3) is 0 Å². The summed E-state index contributed by atoms with van der Waals surface area (Å²) in [6.45, 7) is 8.84. The van der Waals surface area contributed by atoms with E-state index in [4.69, 9.17) is 0 Å². The molecular weight excluding hydrogens is 213 g/mol. The van der Waals surface area contributed by atoms with Crippen molar-refractivity contribution in [2.45, 2.75) is 6.92 Å². The maximum Gasteiger partial charge on any atom is 0.0498 e. The van der Waals surface area contributed by atoms with Crippen molar-refractivity contribution in [2.75, 3.05) is 0 Å². The first-order valence-corrected chi connectivity index (χ1v) is 3.25. The Morgan fingerprint density at radius 1 is 1.75 bits per heavy atom. The third-order valence-corrected chi connectivity index (χ3v) is 1.98. The van der Waals surface area contributed by atoms with E-state index in [0.717, 1.165) is 9.28 Å². The highest BCUT2D eigenvalue weighted by Gasteiger charge is 1.86. The van der Waals surface area contributed by atoms with Crippen molar-refractivity contribution in [2.24, 2.45) is 4.99 Å². The van der Waals surface area contributed by atoms with Crippen molar-refractivity contribution in [3.05, 3.63) is 21.9 Å². The summed E-state index contributed by atoms with van der Waals surface area (Å²) in [5.41, 5.74) is 0.931. The maximum atomic E-state index is 3.71. The molecule has 0 saturated carbocycles. The van der Waals surface area contributed by atoms with Gasteiger partial charge < -0.3 is 0 Å². The first kappa shape index (κ1) is 7.88. The van der Waals surface area contributed by atoms with Gasteiger partial charge in [-0.1, -0.05) is 12.7 Å². The van der Waals surface area contributed by atoms with Gasteiger partial charge in [0.15, 0.2) is 0 Å². The molecule has 8 heavy (non-hydrogen) atoms. The van der Waals surface area contributed by atoms with E-state index in [1.807, 2.05) is 6.92 Å². The van der Waals surface area contributed by atoms with Crippen LogP contribution in [0.1, 0.15) is 6.92 Å². The molecule has 0 aromatic heterocycles. The number of nitrogens with zero attached hydrogens (tertiary/aromatic N) is 1. The van der Waals surface area contributed by atoms with Gasteiger partial charge in [0.05, 0.1) is 0 Å². The SMILES string of the molecule is C=C/C(I)=C(/C)N=C. The zero-order chi connectivity index (χ0) is 6.57. The van der Waals surface area contributed by atoms with E-state index in [9.17, 15) is 0 Å². The molecule has 2 heteroatoms. The fourth-order valence-corrected chi connectivity index (χ4v) is 0.394. The van der Waals surface area contributed by atoms with Crippen molar-refractivity contribution < 1.29 is 0 Å². The molecule has 0 fully saturated rings. The van der Waals surface area contributed by atoms with Gasteiger partial charge in [-0.2, -0.15) is 0 Å². The van der Waals surface area contributed by atoms with Crippen LogP contribution in [0.15, 0.2) is 26.9 Å². The fourth-order valence-electron chi connectivity index (χ4n) is 0.223. The summed E-state index contributed by atoms with van der Waals surface area (Å²) in [6.07, 6.45) is 1.75. The Morgan fingerprint density at radius 2 is 2.25 bits per heavy atom. The van der Waals surface area contributed by atoms with E-state index >= 15 is 0 Å². The van der Waals surface area contributed by atoms with Crippen LogP contribution in [0.5, 0.6) is 0 Å². The lowest BCUT2D eigenvalue weighted by atomic mass is 10.4. The zero-order valence-corrected chi connectivity index (χ0v) is 6.97. The van der Waals surface area contributed by atoms with Gasteiger partial charge in [0.25, 0.3) is 0 Å². The highest BCUT2D eigenvalue weighted by molar-refractivity contribution is 14.1. The second kappa shape index (κ2) is 3.83. The largest absolute Gasteiger partial charge is 0.268 e. The summed E-state index contributed by atoms with van der Waals surface area (Å²) in [5.74, 6) is 0. The standard InChI is InChI=1S/C6H8IN/c1-4-6(7)5(2)8-3/h4H,1,3H2,2H3/b6-5+. The van der Waals surface area contributed by atoms with E-state index < -0.39 is 0 Å². The first-order chi connectivity index (χ1) is 3.72. The van der Waals surface area contributed by atoms with Gasteiger partial charge in [-0.05, 0) is 36.2 Å². The van der Waals surface area contributed by atoms with Crippen molar-refractivity contribution in [1.82, 2.24) is 0 Å². The Bertz CT molecular complexity index is 119. The van der Waals surface area contributed by atoms with Crippen LogP contribution in [0.4, 0.5) is 0 Å². The molecule has 0 aromatic carbocycles. The van der Waals surface area contributed by atoms with Crippen LogP contribution < -0.4 is 0 Å². The van der Waals surface area contributed by atoms with Gasteiger partial charge in [0, 0.05) is 9.28 Å². The van der Waals surface area contributed by atoms with Gasteiger partial charge in [-0.15, -0.1) is 0 Å². The molecular formula is C6H8IN. The molecule has 44 valence electrons.